The van der Waals surface area contributed by atoms with Crippen molar-refractivity contribution in [3.8, 4) is 5.75 Å². The molecule has 38 heavy (non-hydrogen) atoms. The second kappa shape index (κ2) is 9.74. The predicted molar refractivity (Wildman–Crippen MR) is 146 cm³/mol. The third-order valence-electron chi connectivity index (χ3n) is 7.37. The summed E-state index contributed by atoms with van der Waals surface area (Å²) in [5.74, 6) is -1.22. The number of carbonyl (C=O) groups is 2. The highest BCUT2D eigenvalue weighted by atomic mass is 16.5. The second-order valence-corrected chi connectivity index (χ2v) is 9.63. The van der Waals surface area contributed by atoms with Gasteiger partial charge in [0.1, 0.15) is 0 Å². The van der Waals surface area contributed by atoms with Crippen LogP contribution in [0.1, 0.15) is 41.4 Å². The van der Waals surface area contributed by atoms with Gasteiger partial charge in [-0.1, -0.05) is 42.5 Å². The normalized spacial score (nSPS) is 17.9. The molecule has 1 aromatic heterocycles. The average molecular weight is 509 g/mol. The van der Waals surface area contributed by atoms with Crippen LogP contribution in [0.15, 0.2) is 94.6 Å². The van der Waals surface area contributed by atoms with Gasteiger partial charge < -0.3 is 19.2 Å². The molecule has 3 heterocycles. The van der Waals surface area contributed by atoms with E-state index in [-0.39, 0.29) is 11.3 Å². The van der Waals surface area contributed by atoms with Crippen molar-refractivity contribution in [2.45, 2.75) is 25.3 Å². The van der Waals surface area contributed by atoms with Gasteiger partial charge in [-0.25, -0.2) is 0 Å². The largest absolute Gasteiger partial charge is 0.503 e. The molecule has 4 aromatic rings. The lowest BCUT2D eigenvalue weighted by Crippen LogP contribution is -2.31. The molecular weight excluding hydrogens is 480 g/mol. The molecule has 1 N–H and O–H groups in total. The molecule has 0 radical (unpaired) electrons. The van der Waals surface area contributed by atoms with E-state index in [1.807, 2.05) is 66.7 Å². The lowest BCUT2D eigenvalue weighted by Gasteiger charge is -2.30. The number of amides is 1. The number of rotatable bonds is 6. The van der Waals surface area contributed by atoms with Crippen LogP contribution in [0, 0.1) is 0 Å². The number of para-hydroxylation sites is 1. The molecule has 1 amide bonds. The lowest BCUT2D eigenvalue weighted by molar-refractivity contribution is -0.117. The van der Waals surface area contributed by atoms with Gasteiger partial charge in [-0.15, -0.1) is 0 Å². The van der Waals surface area contributed by atoms with E-state index in [1.54, 1.807) is 12.1 Å². The van der Waals surface area contributed by atoms with E-state index in [0.29, 0.717) is 28.0 Å². The van der Waals surface area contributed by atoms with Crippen molar-refractivity contribution in [1.29, 1.82) is 0 Å². The van der Waals surface area contributed by atoms with Crippen LogP contribution in [0.2, 0.25) is 0 Å². The molecule has 7 nitrogen and oxygen atoms in total. The summed E-state index contributed by atoms with van der Waals surface area (Å²) in [4.78, 5) is 31.2. The van der Waals surface area contributed by atoms with Gasteiger partial charge in [0, 0.05) is 29.9 Å². The van der Waals surface area contributed by atoms with Gasteiger partial charge in [-0.05, 0) is 61.2 Å². The van der Waals surface area contributed by atoms with E-state index in [1.165, 1.54) is 31.3 Å². The predicted octanol–water partition coefficient (Wildman–Crippen LogP) is 6.21. The smallest absolute Gasteiger partial charge is 0.294 e. The maximum atomic E-state index is 13.9. The molecule has 3 aromatic carbocycles. The highest BCUT2D eigenvalue weighted by Crippen LogP contribution is 2.43. The molecule has 1 saturated heterocycles. The number of methoxy groups -OCH3 is 1. The van der Waals surface area contributed by atoms with Crippen LogP contribution in [-0.4, -0.2) is 37.0 Å². The van der Waals surface area contributed by atoms with Gasteiger partial charge in [0.05, 0.1) is 18.7 Å². The van der Waals surface area contributed by atoms with Crippen molar-refractivity contribution in [3.63, 3.8) is 0 Å². The van der Waals surface area contributed by atoms with Crippen molar-refractivity contribution in [2.75, 3.05) is 30.0 Å². The van der Waals surface area contributed by atoms with E-state index in [2.05, 4.69) is 4.90 Å². The molecule has 0 aliphatic carbocycles. The van der Waals surface area contributed by atoms with Gasteiger partial charge in [-0.2, -0.15) is 0 Å². The molecule has 0 spiro atoms. The number of carbonyl (C=O) groups excluding carboxylic acids is 2. The Morgan fingerprint density at radius 1 is 0.921 bits per heavy atom. The minimum atomic E-state index is -0.813. The number of hydrogen-bond donors (Lipinski definition) is 1. The summed E-state index contributed by atoms with van der Waals surface area (Å²) in [6, 6.07) is 23.2. The molecule has 6 rings (SSSR count). The number of benzene rings is 3. The third-order valence-corrected chi connectivity index (χ3v) is 7.37. The van der Waals surface area contributed by atoms with E-state index >= 15 is 0 Å². The number of hydrogen-bond acceptors (Lipinski definition) is 6. The van der Waals surface area contributed by atoms with Crippen molar-refractivity contribution in [2.24, 2.45) is 0 Å². The summed E-state index contributed by atoms with van der Waals surface area (Å²) in [5.41, 5.74) is 2.83. The van der Waals surface area contributed by atoms with E-state index < -0.39 is 23.5 Å². The van der Waals surface area contributed by atoms with Gasteiger partial charge in [0.2, 0.25) is 5.78 Å². The zero-order chi connectivity index (χ0) is 26.2. The first-order chi connectivity index (χ1) is 18.6. The molecule has 192 valence electrons. The van der Waals surface area contributed by atoms with Crippen molar-refractivity contribution in [1.82, 2.24) is 0 Å². The molecule has 0 saturated carbocycles. The number of anilines is 2. The van der Waals surface area contributed by atoms with Crippen LogP contribution in [0.5, 0.6) is 5.75 Å². The van der Waals surface area contributed by atoms with E-state index in [0.717, 1.165) is 18.8 Å². The third kappa shape index (κ3) is 4.00. The number of aliphatic hydroxyl groups excluding tert-OH is 1. The lowest BCUT2D eigenvalue weighted by atomic mass is 9.94. The number of fused-ring (bicyclic) bond motifs is 1. The Balaban J connectivity index is 1.40. The van der Waals surface area contributed by atoms with Crippen LogP contribution >= 0.6 is 0 Å². The van der Waals surface area contributed by atoms with Crippen molar-refractivity contribution in [3.05, 3.63) is 102 Å². The quantitative estimate of drug-likeness (QED) is 0.312. The number of furan rings is 1. The van der Waals surface area contributed by atoms with Crippen LogP contribution in [-0.2, 0) is 4.79 Å². The topological polar surface area (TPSA) is 83.2 Å². The maximum Gasteiger partial charge on any atom is 0.294 e. The molecule has 2 aliphatic rings. The summed E-state index contributed by atoms with van der Waals surface area (Å²) in [7, 11) is 1.53. The van der Waals surface area contributed by atoms with Gasteiger partial charge in [-0.3, -0.25) is 14.5 Å². The summed E-state index contributed by atoms with van der Waals surface area (Å²) in [6.45, 7) is 2.02. The van der Waals surface area contributed by atoms with Crippen LogP contribution in [0.4, 0.5) is 11.4 Å². The Morgan fingerprint density at radius 3 is 2.34 bits per heavy atom. The molecular formula is C31H28N2O5. The maximum absolute atomic E-state index is 13.9. The molecule has 2 aliphatic heterocycles. The number of ether oxygens (including phenoxy) is 1. The minimum Gasteiger partial charge on any atom is -0.503 e. The van der Waals surface area contributed by atoms with E-state index in [9.17, 15) is 14.7 Å². The second-order valence-electron chi connectivity index (χ2n) is 9.63. The fourth-order valence-corrected chi connectivity index (χ4v) is 5.47. The van der Waals surface area contributed by atoms with Gasteiger partial charge in [0.25, 0.3) is 5.91 Å². The molecule has 7 heteroatoms. The van der Waals surface area contributed by atoms with Crippen LogP contribution in [0.25, 0.3) is 11.0 Å². The van der Waals surface area contributed by atoms with Crippen LogP contribution < -0.4 is 14.5 Å². The molecule has 1 fully saturated rings. The number of ketones is 1. The first-order valence-corrected chi connectivity index (χ1v) is 12.8. The fourth-order valence-electron chi connectivity index (χ4n) is 5.47. The standard InChI is InChI=1S/C31H28N2O5/c1-37-24-12-8-11-21-19-25(38-30(21)24)28(34)26-27(20-9-4-2-5-10-20)33(31(36)29(26)35)23-15-13-22(14-16-23)32-17-6-3-7-18-32/h2,4-5,8-16,19,27,35H,3,6-7,17-18H2,1H3. The average Bonchev–Trinajstić information content (AvgIpc) is 3.53. The van der Waals surface area contributed by atoms with Crippen molar-refractivity contribution >= 4 is 34.0 Å². The Hall–Kier alpha value is -4.52. The van der Waals surface area contributed by atoms with Crippen molar-refractivity contribution < 1.29 is 23.8 Å². The number of aliphatic hydroxyl groups is 1. The minimum absolute atomic E-state index is 0.0145. The zero-order valence-corrected chi connectivity index (χ0v) is 21.1. The Kier molecular flexibility index (Phi) is 6.12. The summed E-state index contributed by atoms with van der Waals surface area (Å²) >= 11 is 0. The molecule has 1 atom stereocenters. The first-order valence-electron chi connectivity index (χ1n) is 12.8. The molecule has 0 bridgehead atoms. The molecule has 1 unspecified atom stereocenters. The van der Waals surface area contributed by atoms with E-state index in [4.69, 9.17) is 9.15 Å². The van der Waals surface area contributed by atoms with Gasteiger partial charge >= 0.3 is 0 Å². The highest BCUT2D eigenvalue weighted by molar-refractivity contribution is 6.20. The first kappa shape index (κ1) is 23.9. The number of piperidine rings is 1. The fraction of sp³-hybridized carbons (Fsp3) is 0.226. The Bertz CT molecular complexity index is 1530. The highest BCUT2D eigenvalue weighted by Gasteiger charge is 2.45. The zero-order valence-electron chi connectivity index (χ0n) is 21.1. The number of Topliss-reactive ketones (excluding diaryl/α,β-unsaturated/α-hetero) is 1. The monoisotopic (exact) mass is 508 g/mol. The summed E-state index contributed by atoms with van der Waals surface area (Å²) in [5, 5.41) is 11.8. The Labute approximate surface area is 220 Å². The summed E-state index contributed by atoms with van der Waals surface area (Å²) < 4.78 is 11.3. The SMILES string of the molecule is COc1cccc2cc(C(=O)C3=C(O)C(=O)N(c4ccc(N5CCCCC5)cc4)C3c3ccccc3)oc12. The summed E-state index contributed by atoms with van der Waals surface area (Å²) in [6.07, 6.45) is 3.58. The Morgan fingerprint density at radius 2 is 1.63 bits per heavy atom. The number of nitrogens with zero attached hydrogens (tertiary/aromatic N) is 2. The van der Waals surface area contributed by atoms with Crippen LogP contribution in [0.3, 0.4) is 0 Å². The van der Waals surface area contributed by atoms with Gasteiger partial charge in [0.15, 0.2) is 22.9 Å².